The van der Waals surface area contributed by atoms with E-state index in [2.05, 4.69) is 25.5 Å². The van der Waals surface area contributed by atoms with E-state index in [1.54, 1.807) is 6.92 Å². The van der Waals surface area contributed by atoms with Crippen LogP contribution in [-0.2, 0) is 4.74 Å². The lowest BCUT2D eigenvalue weighted by Crippen LogP contribution is -2.35. The predicted octanol–water partition coefficient (Wildman–Crippen LogP) is 5.57. The van der Waals surface area contributed by atoms with Crippen LogP contribution in [0, 0.1) is 20.8 Å². The van der Waals surface area contributed by atoms with Gasteiger partial charge in [-0.1, -0.05) is 18.2 Å². The van der Waals surface area contributed by atoms with E-state index in [1.165, 1.54) is 35.4 Å². The van der Waals surface area contributed by atoms with Gasteiger partial charge in [-0.2, -0.15) is 18.3 Å². The number of thiophene rings is 1. The van der Waals surface area contributed by atoms with E-state index in [0.717, 1.165) is 21.4 Å². The number of hydrogen-bond acceptors (Lipinski definition) is 8. The quantitative estimate of drug-likeness (QED) is 0.298. The summed E-state index contributed by atoms with van der Waals surface area (Å²) in [6, 6.07) is 4.87. The number of benzene rings is 1. The van der Waals surface area contributed by atoms with Gasteiger partial charge in [0.15, 0.2) is 11.7 Å². The zero-order chi connectivity index (χ0) is 26.9. The lowest BCUT2D eigenvalue weighted by Gasteiger charge is -2.33. The Balaban J connectivity index is 1.44. The van der Waals surface area contributed by atoms with Crippen molar-refractivity contribution in [2.45, 2.75) is 45.5 Å². The third-order valence-corrected chi connectivity index (χ3v) is 8.17. The molecule has 0 radical (unpaired) electrons. The average Bonchev–Trinajstić information content (AvgIpc) is 3.58. The maximum Gasteiger partial charge on any atom is 0.410 e. The molecule has 1 aromatic carbocycles. The molecule has 0 bridgehead atoms. The standard InChI is InChI=1S/C25H22F3N7O2S/c1-11-5-6-14(7-12(11)2)15-8-17(25(26,27)28)35-18(30-15)9-16(32-35)21-31-22-19-13(3)20(24(36)37-4)38-23(19)29-10-34(22)33-21/h5-7,9-10,15,17,30H,8H2,1-4H3. The number of alkyl halides is 3. The summed E-state index contributed by atoms with van der Waals surface area (Å²) >= 11 is 1.18. The largest absolute Gasteiger partial charge is 0.465 e. The number of carbonyl (C=O) groups is 1. The molecule has 196 valence electrons. The lowest BCUT2D eigenvalue weighted by atomic mass is 9.94. The fourth-order valence-corrected chi connectivity index (χ4v) is 5.87. The number of aryl methyl sites for hydroxylation is 3. The predicted molar refractivity (Wildman–Crippen MR) is 135 cm³/mol. The Morgan fingerprint density at radius 1 is 1.16 bits per heavy atom. The van der Waals surface area contributed by atoms with Crippen LogP contribution in [0.2, 0.25) is 0 Å². The first-order chi connectivity index (χ1) is 18.0. The van der Waals surface area contributed by atoms with Crippen LogP contribution in [-0.4, -0.2) is 48.6 Å². The number of fused-ring (bicyclic) bond motifs is 4. The Bertz CT molecular complexity index is 1740. The van der Waals surface area contributed by atoms with Gasteiger partial charge in [-0.25, -0.2) is 24.0 Å². The normalized spacial score (nSPS) is 17.6. The first kappa shape index (κ1) is 24.3. The number of aromatic nitrogens is 6. The molecule has 2 unspecified atom stereocenters. The van der Waals surface area contributed by atoms with Gasteiger partial charge in [-0.3, -0.25) is 0 Å². The second-order valence-corrected chi connectivity index (χ2v) is 10.4. The summed E-state index contributed by atoms with van der Waals surface area (Å²) in [6.07, 6.45) is -3.25. The maximum absolute atomic E-state index is 14.2. The summed E-state index contributed by atoms with van der Waals surface area (Å²) in [5.74, 6) is -0.0942. The van der Waals surface area contributed by atoms with Crippen LogP contribution in [0.5, 0.6) is 0 Å². The van der Waals surface area contributed by atoms with Crippen LogP contribution < -0.4 is 5.32 Å². The zero-order valence-corrected chi connectivity index (χ0v) is 21.6. The van der Waals surface area contributed by atoms with Crippen molar-refractivity contribution in [2.75, 3.05) is 12.4 Å². The van der Waals surface area contributed by atoms with Gasteiger partial charge in [0.1, 0.15) is 27.5 Å². The van der Waals surface area contributed by atoms with Crippen molar-refractivity contribution < 1.29 is 22.7 Å². The van der Waals surface area contributed by atoms with E-state index in [-0.39, 0.29) is 23.8 Å². The van der Waals surface area contributed by atoms with Crippen LogP contribution in [0.15, 0.2) is 30.6 Å². The molecule has 1 aliphatic heterocycles. The van der Waals surface area contributed by atoms with E-state index >= 15 is 0 Å². The number of nitrogens with zero attached hydrogens (tertiary/aromatic N) is 6. The molecule has 9 nitrogen and oxygen atoms in total. The minimum atomic E-state index is -4.50. The summed E-state index contributed by atoms with van der Waals surface area (Å²) in [4.78, 5) is 22.1. The molecule has 13 heteroatoms. The van der Waals surface area contributed by atoms with Gasteiger partial charge in [0.2, 0.25) is 5.82 Å². The second-order valence-electron chi connectivity index (χ2n) is 9.37. The number of anilines is 1. The maximum atomic E-state index is 14.2. The van der Waals surface area contributed by atoms with Crippen LogP contribution >= 0.6 is 11.3 Å². The first-order valence-electron chi connectivity index (χ1n) is 11.8. The third kappa shape index (κ3) is 3.80. The molecular weight excluding hydrogens is 519 g/mol. The van der Waals surface area contributed by atoms with Crippen molar-refractivity contribution in [1.82, 2.24) is 29.4 Å². The zero-order valence-electron chi connectivity index (χ0n) is 20.8. The van der Waals surface area contributed by atoms with Gasteiger partial charge in [0.25, 0.3) is 0 Å². The molecular formula is C25H22F3N7O2S. The molecule has 0 fully saturated rings. The number of rotatable bonds is 3. The second kappa shape index (κ2) is 8.51. The molecule has 38 heavy (non-hydrogen) atoms. The average molecular weight is 542 g/mol. The summed E-state index contributed by atoms with van der Waals surface area (Å²) in [5.41, 5.74) is 4.14. The number of carbonyl (C=O) groups excluding carboxylic acids is 1. The Morgan fingerprint density at radius 2 is 1.95 bits per heavy atom. The van der Waals surface area contributed by atoms with E-state index in [9.17, 15) is 18.0 Å². The van der Waals surface area contributed by atoms with Gasteiger partial charge in [-0.15, -0.1) is 16.4 Å². The molecule has 2 atom stereocenters. The molecule has 0 saturated heterocycles. The van der Waals surface area contributed by atoms with E-state index in [0.29, 0.717) is 26.3 Å². The summed E-state index contributed by atoms with van der Waals surface area (Å²) in [6.45, 7) is 5.67. The minimum Gasteiger partial charge on any atom is -0.465 e. The van der Waals surface area contributed by atoms with Crippen LogP contribution in [0.1, 0.15) is 50.4 Å². The fraction of sp³-hybridized carbons (Fsp3) is 0.320. The summed E-state index contributed by atoms with van der Waals surface area (Å²) in [7, 11) is 1.30. The molecule has 1 N–H and O–H groups in total. The lowest BCUT2D eigenvalue weighted by molar-refractivity contribution is -0.173. The number of ether oxygens (including phenoxy) is 1. The fourth-order valence-electron chi connectivity index (χ4n) is 4.81. The van der Waals surface area contributed by atoms with Crippen molar-refractivity contribution in [1.29, 1.82) is 0 Å². The van der Waals surface area contributed by atoms with Crippen LogP contribution in [0.4, 0.5) is 19.0 Å². The number of halogens is 3. The van der Waals surface area contributed by atoms with Crippen molar-refractivity contribution in [2.24, 2.45) is 0 Å². The van der Waals surface area contributed by atoms with Crippen molar-refractivity contribution in [3.8, 4) is 11.5 Å². The van der Waals surface area contributed by atoms with E-state index in [1.807, 2.05) is 32.0 Å². The highest BCUT2D eigenvalue weighted by molar-refractivity contribution is 7.20. The van der Waals surface area contributed by atoms with Gasteiger partial charge in [0.05, 0.1) is 18.5 Å². The van der Waals surface area contributed by atoms with E-state index in [4.69, 9.17) is 4.74 Å². The molecule has 5 heterocycles. The van der Waals surface area contributed by atoms with Gasteiger partial charge >= 0.3 is 12.1 Å². The molecule has 6 rings (SSSR count). The molecule has 0 aliphatic carbocycles. The highest BCUT2D eigenvalue weighted by atomic mass is 32.1. The number of hydrogen-bond donors (Lipinski definition) is 1. The Kier molecular flexibility index (Phi) is 5.45. The SMILES string of the molecule is COC(=O)c1sc2ncn3nc(-c4cc5n(n4)C(C(F)(F)F)CC(c4ccc(C)c(C)c4)N5)nc3c2c1C. The van der Waals surface area contributed by atoms with Crippen LogP contribution in [0.25, 0.3) is 27.4 Å². The monoisotopic (exact) mass is 541 g/mol. The first-order valence-corrected chi connectivity index (χ1v) is 12.6. The molecule has 0 saturated carbocycles. The Labute approximate surface area is 218 Å². The van der Waals surface area contributed by atoms with Crippen molar-refractivity contribution >= 4 is 39.0 Å². The molecule has 0 amide bonds. The number of esters is 1. The smallest absolute Gasteiger partial charge is 0.410 e. The van der Waals surface area contributed by atoms with Crippen molar-refractivity contribution in [3.05, 3.63) is 57.7 Å². The number of methoxy groups -OCH3 is 1. The third-order valence-electron chi connectivity index (χ3n) is 6.99. The summed E-state index contributed by atoms with van der Waals surface area (Å²) in [5, 5.41) is 12.6. The Morgan fingerprint density at radius 3 is 2.66 bits per heavy atom. The number of nitrogens with one attached hydrogen (secondary N) is 1. The van der Waals surface area contributed by atoms with Gasteiger partial charge in [0, 0.05) is 12.5 Å². The minimum absolute atomic E-state index is 0.150. The van der Waals surface area contributed by atoms with Crippen LogP contribution in [0.3, 0.4) is 0 Å². The molecule has 0 spiro atoms. The Hall–Kier alpha value is -4.00. The highest BCUT2D eigenvalue weighted by Crippen LogP contribution is 2.44. The molecule has 1 aliphatic rings. The van der Waals surface area contributed by atoms with E-state index < -0.39 is 24.2 Å². The highest BCUT2D eigenvalue weighted by Gasteiger charge is 2.46. The van der Waals surface area contributed by atoms with Gasteiger partial charge in [-0.05, 0) is 43.0 Å². The van der Waals surface area contributed by atoms with Gasteiger partial charge < -0.3 is 10.1 Å². The topological polar surface area (TPSA) is 99.2 Å². The molecule has 5 aromatic rings. The molecule has 4 aromatic heterocycles. The van der Waals surface area contributed by atoms with Crippen molar-refractivity contribution in [3.63, 3.8) is 0 Å². The summed E-state index contributed by atoms with van der Waals surface area (Å²) < 4.78 is 49.8.